The van der Waals surface area contributed by atoms with Crippen molar-refractivity contribution in [1.82, 2.24) is 4.90 Å². The number of hydrogen-bond donors (Lipinski definition) is 1. The Labute approximate surface area is 84.2 Å². The van der Waals surface area contributed by atoms with Gasteiger partial charge in [0.05, 0.1) is 0 Å². The fourth-order valence-electron chi connectivity index (χ4n) is 2.44. The van der Waals surface area contributed by atoms with Gasteiger partial charge >= 0.3 is 0 Å². The lowest BCUT2D eigenvalue weighted by Crippen LogP contribution is -2.36. The summed E-state index contributed by atoms with van der Waals surface area (Å²) in [6.07, 6.45) is 4.06. The van der Waals surface area contributed by atoms with Crippen LogP contribution in [0.2, 0.25) is 0 Å². The molecule has 1 aliphatic carbocycles. The van der Waals surface area contributed by atoms with Gasteiger partial charge in [-0.1, -0.05) is 18.6 Å². The molecule has 1 aliphatic heterocycles. The van der Waals surface area contributed by atoms with Crippen LogP contribution < -0.4 is 0 Å². The third-order valence-corrected chi connectivity index (χ3v) is 3.57. The summed E-state index contributed by atoms with van der Waals surface area (Å²) in [6, 6.07) is 6.65. The number of phenols is 1. The number of rotatable bonds is 1. The van der Waals surface area contributed by atoms with E-state index in [1.807, 2.05) is 6.07 Å². The molecule has 0 aromatic heterocycles. The van der Waals surface area contributed by atoms with Gasteiger partial charge in [-0.2, -0.15) is 0 Å². The second kappa shape index (κ2) is 2.99. The minimum Gasteiger partial charge on any atom is -0.508 e. The second-order valence-electron chi connectivity index (χ2n) is 4.40. The second-order valence-corrected chi connectivity index (χ2v) is 4.40. The van der Waals surface area contributed by atoms with Gasteiger partial charge in [-0.05, 0) is 24.5 Å². The Kier molecular flexibility index (Phi) is 1.77. The van der Waals surface area contributed by atoms with Crippen molar-refractivity contribution in [2.75, 3.05) is 0 Å². The Morgan fingerprint density at radius 2 is 2.07 bits per heavy atom. The summed E-state index contributed by atoms with van der Waals surface area (Å²) in [6.45, 7) is 1.99. The Balaban J connectivity index is 1.86. The predicted octanol–water partition coefficient (Wildman–Crippen LogP) is 2.26. The summed E-state index contributed by atoms with van der Waals surface area (Å²) in [7, 11) is 0. The number of phenolic OH excluding ortho intramolecular Hbond substituents is 1. The van der Waals surface area contributed by atoms with Crippen LogP contribution in [0, 0.1) is 0 Å². The van der Waals surface area contributed by atoms with Crippen molar-refractivity contribution >= 4 is 0 Å². The summed E-state index contributed by atoms with van der Waals surface area (Å²) in [4.78, 5) is 2.49. The summed E-state index contributed by atoms with van der Waals surface area (Å²) >= 11 is 0. The third kappa shape index (κ3) is 1.14. The molecule has 1 aromatic carbocycles. The molecule has 2 heteroatoms. The lowest BCUT2D eigenvalue weighted by Gasteiger charge is -2.34. The summed E-state index contributed by atoms with van der Waals surface area (Å²) in [5.41, 5.74) is 2.47. The maximum atomic E-state index is 9.69. The molecule has 0 unspecified atom stereocenters. The number of fused-ring (bicyclic) bond motifs is 1. The monoisotopic (exact) mass is 189 g/mol. The van der Waals surface area contributed by atoms with Crippen molar-refractivity contribution < 1.29 is 5.11 Å². The van der Waals surface area contributed by atoms with E-state index in [4.69, 9.17) is 0 Å². The summed E-state index contributed by atoms with van der Waals surface area (Å²) in [5.74, 6) is 0.476. The molecule has 0 radical (unpaired) electrons. The SMILES string of the molecule is Oc1cccc2c1CN(C1CCC1)C2. The van der Waals surface area contributed by atoms with Crippen LogP contribution in [0.3, 0.4) is 0 Å². The van der Waals surface area contributed by atoms with Crippen LogP contribution in [0.5, 0.6) is 5.75 Å². The van der Waals surface area contributed by atoms with Crippen LogP contribution in [0.25, 0.3) is 0 Å². The van der Waals surface area contributed by atoms with Gasteiger partial charge in [0.1, 0.15) is 5.75 Å². The largest absolute Gasteiger partial charge is 0.508 e. The van der Waals surface area contributed by atoms with Gasteiger partial charge in [-0.3, -0.25) is 4.90 Å². The van der Waals surface area contributed by atoms with E-state index in [1.165, 1.54) is 24.8 Å². The first kappa shape index (κ1) is 8.30. The molecule has 1 aromatic rings. The molecule has 0 spiro atoms. The molecule has 0 saturated heterocycles. The van der Waals surface area contributed by atoms with Crippen LogP contribution in [0.15, 0.2) is 18.2 Å². The summed E-state index contributed by atoms with van der Waals surface area (Å²) in [5, 5.41) is 9.69. The molecule has 14 heavy (non-hydrogen) atoms. The van der Waals surface area contributed by atoms with Gasteiger partial charge < -0.3 is 5.11 Å². The Morgan fingerprint density at radius 3 is 2.71 bits per heavy atom. The van der Waals surface area contributed by atoms with E-state index in [9.17, 15) is 5.11 Å². The van der Waals surface area contributed by atoms with Crippen molar-refractivity contribution in [1.29, 1.82) is 0 Å². The molecule has 2 nitrogen and oxygen atoms in total. The molecular weight excluding hydrogens is 174 g/mol. The van der Waals surface area contributed by atoms with Gasteiger partial charge in [0.2, 0.25) is 0 Å². The fourth-order valence-corrected chi connectivity index (χ4v) is 2.44. The first-order chi connectivity index (χ1) is 6.84. The van der Waals surface area contributed by atoms with E-state index in [0.29, 0.717) is 5.75 Å². The Bertz CT molecular complexity index is 357. The van der Waals surface area contributed by atoms with E-state index in [1.54, 1.807) is 6.07 Å². The highest BCUT2D eigenvalue weighted by molar-refractivity contribution is 5.41. The van der Waals surface area contributed by atoms with E-state index >= 15 is 0 Å². The van der Waals surface area contributed by atoms with Crippen LogP contribution in [-0.2, 0) is 13.1 Å². The zero-order chi connectivity index (χ0) is 9.54. The first-order valence-electron chi connectivity index (χ1n) is 5.38. The quantitative estimate of drug-likeness (QED) is 0.732. The first-order valence-corrected chi connectivity index (χ1v) is 5.38. The number of nitrogens with zero attached hydrogens (tertiary/aromatic N) is 1. The average Bonchev–Trinajstić information content (AvgIpc) is 2.46. The van der Waals surface area contributed by atoms with E-state index < -0.39 is 0 Å². The number of aromatic hydroxyl groups is 1. The highest BCUT2D eigenvalue weighted by Gasteiger charge is 2.30. The van der Waals surface area contributed by atoms with Gasteiger partial charge in [0.25, 0.3) is 0 Å². The molecule has 1 heterocycles. The average molecular weight is 189 g/mol. The van der Waals surface area contributed by atoms with Crippen LogP contribution in [0.4, 0.5) is 0 Å². The summed E-state index contributed by atoms with van der Waals surface area (Å²) < 4.78 is 0. The molecule has 2 aliphatic rings. The van der Waals surface area contributed by atoms with Crippen molar-refractivity contribution in [2.45, 2.75) is 38.4 Å². The normalized spacial score (nSPS) is 22.0. The molecule has 3 rings (SSSR count). The molecule has 1 fully saturated rings. The van der Waals surface area contributed by atoms with Crippen molar-refractivity contribution in [3.63, 3.8) is 0 Å². The van der Waals surface area contributed by atoms with Crippen LogP contribution in [0.1, 0.15) is 30.4 Å². The molecule has 1 N–H and O–H groups in total. The standard InChI is InChI=1S/C12H15NO/c14-12-6-1-3-9-7-13(8-11(9)12)10-4-2-5-10/h1,3,6,10,14H,2,4-5,7-8H2. The molecule has 0 bridgehead atoms. The van der Waals surface area contributed by atoms with Crippen molar-refractivity contribution in [3.05, 3.63) is 29.3 Å². The van der Waals surface area contributed by atoms with Crippen molar-refractivity contribution in [2.24, 2.45) is 0 Å². The molecule has 74 valence electrons. The Morgan fingerprint density at radius 1 is 1.21 bits per heavy atom. The van der Waals surface area contributed by atoms with E-state index in [2.05, 4.69) is 11.0 Å². The minimum atomic E-state index is 0.476. The van der Waals surface area contributed by atoms with E-state index in [-0.39, 0.29) is 0 Å². The lowest BCUT2D eigenvalue weighted by atomic mass is 9.92. The zero-order valence-electron chi connectivity index (χ0n) is 8.24. The molecule has 1 saturated carbocycles. The smallest absolute Gasteiger partial charge is 0.120 e. The molecule has 0 amide bonds. The predicted molar refractivity (Wildman–Crippen MR) is 55.0 cm³/mol. The third-order valence-electron chi connectivity index (χ3n) is 3.57. The highest BCUT2D eigenvalue weighted by Crippen LogP contribution is 2.35. The van der Waals surface area contributed by atoms with Gasteiger partial charge in [0.15, 0.2) is 0 Å². The maximum Gasteiger partial charge on any atom is 0.120 e. The molecule has 0 atom stereocenters. The molecular formula is C12H15NO. The number of hydrogen-bond acceptors (Lipinski definition) is 2. The van der Waals surface area contributed by atoms with Crippen LogP contribution >= 0.6 is 0 Å². The highest BCUT2D eigenvalue weighted by atomic mass is 16.3. The van der Waals surface area contributed by atoms with Crippen molar-refractivity contribution in [3.8, 4) is 5.75 Å². The minimum absolute atomic E-state index is 0.476. The van der Waals surface area contributed by atoms with E-state index in [0.717, 1.165) is 24.7 Å². The topological polar surface area (TPSA) is 23.5 Å². The fraction of sp³-hybridized carbons (Fsp3) is 0.500. The number of benzene rings is 1. The van der Waals surface area contributed by atoms with Gasteiger partial charge in [-0.15, -0.1) is 0 Å². The zero-order valence-corrected chi connectivity index (χ0v) is 8.24. The maximum absolute atomic E-state index is 9.69. The van der Waals surface area contributed by atoms with Gasteiger partial charge in [0, 0.05) is 24.7 Å². The lowest BCUT2D eigenvalue weighted by molar-refractivity contribution is 0.126. The Hall–Kier alpha value is -1.02. The van der Waals surface area contributed by atoms with Crippen LogP contribution in [-0.4, -0.2) is 16.0 Å². The van der Waals surface area contributed by atoms with Gasteiger partial charge in [-0.25, -0.2) is 0 Å².